The largest absolute Gasteiger partial charge is 0.247 e. The normalized spacial score (nSPS) is 10.9. The van der Waals surface area contributed by atoms with E-state index in [2.05, 4.69) is 28.9 Å². The van der Waals surface area contributed by atoms with Crippen molar-refractivity contribution >= 4 is 38.4 Å². The van der Waals surface area contributed by atoms with Gasteiger partial charge in [0.1, 0.15) is 0 Å². The zero-order valence-electron chi connectivity index (χ0n) is 10.3. The maximum atomic E-state index is 6.06. The number of hydrogen-bond donors (Lipinski definition) is 0. The first-order valence-corrected chi connectivity index (χ1v) is 7.14. The third-order valence-electron chi connectivity index (χ3n) is 3.18. The van der Waals surface area contributed by atoms with E-state index in [4.69, 9.17) is 16.6 Å². The Morgan fingerprint density at radius 3 is 2.63 bits per heavy atom. The van der Waals surface area contributed by atoms with Crippen LogP contribution < -0.4 is 0 Å². The summed E-state index contributed by atoms with van der Waals surface area (Å²) in [6.45, 7) is 2.10. The van der Waals surface area contributed by atoms with Gasteiger partial charge >= 0.3 is 0 Å². The van der Waals surface area contributed by atoms with Crippen molar-refractivity contribution < 1.29 is 0 Å². The van der Waals surface area contributed by atoms with E-state index in [-0.39, 0.29) is 0 Å². The number of fused-ring (bicyclic) bond motifs is 1. The van der Waals surface area contributed by atoms with Crippen LogP contribution in [-0.4, -0.2) is 4.98 Å². The lowest BCUT2D eigenvalue weighted by Crippen LogP contribution is -1.91. The molecule has 0 radical (unpaired) electrons. The fraction of sp³-hybridized carbons (Fsp3) is 0.0625. The number of nitrogens with zero attached hydrogens (tertiary/aromatic N) is 1. The highest BCUT2D eigenvalue weighted by Crippen LogP contribution is 2.34. The zero-order valence-corrected chi connectivity index (χ0v) is 12.7. The molecule has 3 aromatic rings. The van der Waals surface area contributed by atoms with E-state index in [1.54, 1.807) is 0 Å². The number of aryl methyl sites for hydroxylation is 1. The van der Waals surface area contributed by atoms with Crippen molar-refractivity contribution in [3.63, 3.8) is 0 Å². The summed E-state index contributed by atoms with van der Waals surface area (Å²) in [6.07, 6.45) is 0. The van der Waals surface area contributed by atoms with Crippen LogP contribution in [-0.2, 0) is 0 Å². The lowest BCUT2D eigenvalue weighted by atomic mass is 10.1. The van der Waals surface area contributed by atoms with Gasteiger partial charge < -0.3 is 0 Å². The second-order valence-corrected chi connectivity index (χ2v) is 5.66. The molecule has 0 fully saturated rings. The molecule has 1 heterocycles. The van der Waals surface area contributed by atoms with Crippen LogP contribution in [0.5, 0.6) is 0 Å². The standard InChI is InChI=1S/C16H11BrClN/c1-10-13-7-2-3-8-14(13)19-16(15(10)17)11-5-4-6-12(18)9-11/h2-9H,1H3. The van der Waals surface area contributed by atoms with E-state index in [1.807, 2.05) is 42.5 Å². The number of para-hydroxylation sites is 1. The number of rotatable bonds is 1. The molecule has 2 aromatic carbocycles. The topological polar surface area (TPSA) is 12.9 Å². The van der Waals surface area contributed by atoms with Gasteiger partial charge in [0.05, 0.1) is 11.2 Å². The van der Waals surface area contributed by atoms with Crippen LogP contribution in [0.4, 0.5) is 0 Å². The number of aromatic nitrogens is 1. The molecule has 0 bridgehead atoms. The fourth-order valence-electron chi connectivity index (χ4n) is 2.18. The minimum absolute atomic E-state index is 0.719. The molecular formula is C16H11BrClN. The molecule has 0 N–H and O–H groups in total. The van der Waals surface area contributed by atoms with Crippen LogP contribution in [0.1, 0.15) is 5.56 Å². The Morgan fingerprint density at radius 2 is 1.84 bits per heavy atom. The molecule has 0 spiro atoms. The van der Waals surface area contributed by atoms with Crippen LogP contribution in [0.25, 0.3) is 22.2 Å². The predicted octanol–water partition coefficient (Wildman–Crippen LogP) is 5.63. The van der Waals surface area contributed by atoms with Crippen molar-refractivity contribution in [3.05, 3.63) is 63.6 Å². The molecule has 1 nitrogen and oxygen atoms in total. The Kier molecular flexibility index (Phi) is 3.29. The summed E-state index contributed by atoms with van der Waals surface area (Å²) in [5.41, 5.74) is 4.14. The van der Waals surface area contributed by atoms with Gasteiger partial charge in [0.25, 0.3) is 0 Å². The molecule has 94 valence electrons. The second-order valence-electron chi connectivity index (χ2n) is 4.43. The lowest BCUT2D eigenvalue weighted by molar-refractivity contribution is 1.33. The zero-order chi connectivity index (χ0) is 13.4. The van der Waals surface area contributed by atoms with Crippen LogP contribution >= 0.6 is 27.5 Å². The van der Waals surface area contributed by atoms with Gasteiger partial charge in [-0.05, 0) is 46.6 Å². The molecule has 0 unspecified atom stereocenters. The smallest absolute Gasteiger partial charge is 0.0854 e. The minimum atomic E-state index is 0.719. The SMILES string of the molecule is Cc1c(Br)c(-c2cccc(Cl)c2)nc2ccccc12. The summed E-state index contributed by atoms with van der Waals surface area (Å²) in [4.78, 5) is 4.74. The van der Waals surface area contributed by atoms with Crippen molar-refractivity contribution in [2.45, 2.75) is 6.92 Å². The summed E-state index contributed by atoms with van der Waals surface area (Å²) in [7, 11) is 0. The van der Waals surface area contributed by atoms with Gasteiger partial charge in [-0.3, -0.25) is 0 Å². The van der Waals surface area contributed by atoms with E-state index in [0.29, 0.717) is 0 Å². The van der Waals surface area contributed by atoms with Crippen molar-refractivity contribution in [1.29, 1.82) is 0 Å². The van der Waals surface area contributed by atoms with E-state index in [9.17, 15) is 0 Å². The van der Waals surface area contributed by atoms with Crippen LogP contribution in [0, 0.1) is 6.92 Å². The maximum Gasteiger partial charge on any atom is 0.0854 e. The fourth-order valence-corrected chi connectivity index (χ4v) is 2.90. The monoisotopic (exact) mass is 331 g/mol. The molecule has 0 saturated carbocycles. The number of pyridine rings is 1. The van der Waals surface area contributed by atoms with Crippen molar-refractivity contribution in [2.75, 3.05) is 0 Å². The Balaban J connectivity index is 2.33. The average molecular weight is 333 g/mol. The van der Waals surface area contributed by atoms with Gasteiger partial charge in [-0.15, -0.1) is 0 Å². The molecule has 0 aliphatic carbocycles. The molecule has 19 heavy (non-hydrogen) atoms. The Hall–Kier alpha value is -1.38. The third-order valence-corrected chi connectivity index (χ3v) is 4.38. The van der Waals surface area contributed by atoms with Crippen LogP contribution in [0.2, 0.25) is 5.02 Å². The summed E-state index contributed by atoms with van der Waals surface area (Å²) < 4.78 is 1.02. The second kappa shape index (κ2) is 4.95. The van der Waals surface area contributed by atoms with Gasteiger partial charge in [-0.2, -0.15) is 0 Å². The van der Waals surface area contributed by atoms with E-state index >= 15 is 0 Å². The summed E-state index contributed by atoms with van der Waals surface area (Å²) in [6, 6.07) is 15.9. The maximum absolute atomic E-state index is 6.06. The Labute approximate surface area is 125 Å². The molecule has 0 saturated heterocycles. The minimum Gasteiger partial charge on any atom is -0.247 e. The summed E-state index contributed by atoms with van der Waals surface area (Å²) >= 11 is 9.72. The molecule has 3 rings (SSSR count). The third kappa shape index (κ3) is 2.26. The van der Waals surface area contributed by atoms with E-state index < -0.39 is 0 Å². The van der Waals surface area contributed by atoms with Crippen molar-refractivity contribution in [2.24, 2.45) is 0 Å². The summed E-state index contributed by atoms with van der Waals surface area (Å²) in [5, 5.41) is 1.89. The Bertz CT molecular complexity index is 768. The molecular weight excluding hydrogens is 322 g/mol. The van der Waals surface area contributed by atoms with E-state index in [1.165, 1.54) is 10.9 Å². The summed E-state index contributed by atoms with van der Waals surface area (Å²) in [5.74, 6) is 0. The highest BCUT2D eigenvalue weighted by atomic mass is 79.9. The average Bonchev–Trinajstić information content (AvgIpc) is 2.43. The predicted molar refractivity (Wildman–Crippen MR) is 84.6 cm³/mol. The molecule has 0 aliphatic rings. The molecule has 3 heteroatoms. The first-order chi connectivity index (χ1) is 9.16. The van der Waals surface area contributed by atoms with Crippen molar-refractivity contribution in [1.82, 2.24) is 4.98 Å². The number of benzene rings is 2. The Morgan fingerprint density at radius 1 is 1.05 bits per heavy atom. The quantitative estimate of drug-likeness (QED) is 0.563. The lowest BCUT2D eigenvalue weighted by Gasteiger charge is -2.10. The molecule has 0 amide bonds. The van der Waals surface area contributed by atoms with E-state index in [0.717, 1.165) is 26.3 Å². The molecule has 0 aliphatic heterocycles. The van der Waals surface area contributed by atoms with Gasteiger partial charge in [-0.25, -0.2) is 4.98 Å². The molecule has 0 atom stereocenters. The van der Waals surface area contributed by atoms with Gasteiger partial charge in [0.2, 0.25) is 0 Å². The first kappa shape index (κ1) is 12.6. The number of hydrogen-bond acceptors (Lipinski definition) is 1. The van der Waals surface area contributed by atoms with Crippen LogP contribution in [0.15, 0.2) is 53.0 Å². The highest BCUT2D eigenvalue weighted by molar-refractivity contribution is 9.10. The molecule has 1 aromatic heterocycles. The van der Waals surface area contributed by atoms with Crippen LogP contribution in [0.3, 0.4) is 0 Å². The highest BCUT2D eigenvalue weighted by Gasteiger charge is 2.11. The van der Waals surface area contributed by atoms with Gasteiger partial charge in [-0.1, -0.05) is 41.9 Å². The van der Waals surface area contributed by atoms with Crippen molar-refractivity contribution in [3.8, 4) is 11.3 Å². The number of halogens is 2. The van der Waals surface area contributed by atoms with Gasteiger partial charge in [0, 0.05) is 20.4 Å². The van der Waals surface area contributed by atoms with Gasteiger partial charge in [0.15, 0.2) is 0 Å². The first-order valence-electron chi connectivity index (χ1n) is 5.97.